The quantitative estimate of drug-likeness (QED) is 0.436. The highest BCUT2D eigenvalue weighted by Gasteiger charge is 2.13. The van der Waals surface area contributed by atoms with Gasteiger partial charge >= 0.3 is 0 Å². The van der Waals surface area contributed by atoms with Crippen LogP contribution in [-0.2, 0) is 4.74 Å². The van der Waals surface area contributed by atoms with Gasteiger partial charge in [-0.2, -0.15) is 0 Å². The van der Waals surface area contributed by atoms with E-state index >= 15 is 0 Å². The number of aromatic nitrogens is 2. The zero-order valence-electron chi connectivity index (χ0n) is 17.9. The van der Waals surface area contributed by atoms with Crippen LogP contribution in [0.4, 0.5) is 17.1 Å². The van der Waals surface area contributed by atoms with Gasteiger partial charge in [0.15, 0.2) is 0 Å². The number of ether oxygens (including phenoxy) is 1. The average Bonchev–Trinajstić information content (AvgIpc) is 3.33. The number of nitrogens with zero attached hydrogens (tertiary/aromatic N) is 2. The SMILES string of the molecule is O=C(Nc1ccc(N2CCOCC2)cc1)c1cccc(C(=O)Nc2cnc3[nH]ccc3c2)c1. The maximum atomic E-state index is 12.8. The maximum absolute atomic E-state index is 12.8. The molecule has 1 fully saturated rings. The molecular formula is C25H23N5O3. The van der Waals surface area contributed by atoms with Crippen LogP contribution in [0.3, 0.4) is 0 Å². The number of H-pyrrole nitrogens is 1. The van der Waals surface area contributed by atoms with Crippen molar-refractivity contribution in [2.75, 3.05) is 41.8 Å². The molecule has 3 N–H and O–H groups in total. The number of fused-ring (bicyclic) bond motifs is 1. The van der Waals surface area contributed by atoms with Crippen LogP contribution < -0.4 is 15.5 Å². The third-order valence-corrected chi connectivity index (χ3v) is 5.55. The molecule has 1 aliphatic rings. The van der Waals surface area contributed by atoms with E-state index in [0.29, 0.717) is 22.5 Å². The monoisotopic (exact) mass is 441 g/mol. The Morgan fingerprint density at radius 1 is 0.879 bits per heavy atom. The molecule has 8 heteroatoms. The lowest BCUT2D eigenvalue weighted by Gasteiger charge is -2.28. The van der Waals surface area contributed by atoms with Gasteiger partial charge in [0.05, 0.1) is 25.1 Å². The summed E-state index contributed by atoms with van der Waals surface area (Å²) in [6, 6.07) is 18.1. The van der Waals surface area contributed by atoms with Crippen molar-refractivity contribution >= 4 is 39.9 Å². The molecule has 1 saturated heterocycles. The lowest BCUT2D eigenvalue weighted by atomic mass is 10.1. The molecule has 33 heavy (non-hydrogen) atoms. The Bertz CT molecular complexity index is 1290. The molecule has 1 aliphatic heterocycles. The minimum Gasteiger partial charge on any atom is -0.378 e. The first kappa shape index (κ1) is 20.7. The van der Waals surface area contributed by atoms with E-state index in [2.05, 4.69) is 25.5 Å². The summed E-state index contributed by atoms with van der Waals surface area (Å²) in [5.74, 6) is -0.588. The van der Waals surface area contributed by atoms with E-state index in [9.17, 15) is 9.59 Å². The Kier molecular flexibility index (Phi) is 5.73. The minimum absolute atomic E-state index is 0.279. The molecule has 3 heterocycles. The fraction of sp³-hybridized carbons (Fsp3) is 0.160. The number of anilines is 3. The van der Waals surface area contributed by atoms with Crippen molar-refractivity contribution in [2.24, 2.45) is 0 Å². The summed E-state index contributed by atoms with van der Waals surface area (Å²) in [6.45, 7) is 3.16. The van der Waals surface area contributed by atoms with Crippen LogP contribution in [0.2, 0.25) is 0 Å². The standard InChI is InChI=1S/C25H23N5O3/c31-24(28-20-4-6-22(7-5-20)30-10-12-33-13-11-30)18-2-1-3-19(14-18)25(32)29-21-15-17-8-9-26-23(17)27-16-21/h1-9,14-16H,10-13H2,(H,26,27)(H,28,31)(H,29,32). The molecule has 2 aromatic carbocycles. The number of aromatic amines is 1. The van der Waals surface area contributed by atoms with Crippen LogP contribution in [-0.4, -0.2) is 48.1 Å². The van der Waals surface area contributed by atoms with Crippen LogP contribution in [0.25, 0.3) is 11.0 Å². The van der Waals surface area contributed by atoms with E-state index in [0.717, 1.165) is 43.0 Å². The van der Waals surface area contributed by atoms with Crippen molar-refractivity contribution in [3.63, 3.8) is 0 Å². The van der Waals surface area contributed by atoms with Crippen molar-refractivity contribution in [3.8, 4) is 0 Å². The number of pyridine rings is 1. The van der Waals surface area contributed by atoms with E-state index < -0.39 is 0 Å². The summed E-state index contributed by atoms with van der Waals surface area (Å²) in [7, 11) is 0. The normalized spacial score (nSPS) is 13.6. The first-order valence-corrected chi connectivity index (χ1v) is 10.7. The second-order valence-corrected chi connectivity index (χ2v) is 7.77. The van der Waals surface area contributed by atoms with E-state index in [1.807, 2.05) is 36.4 Å². The summed E-state index contributed by atoms with van der Waals surface area (Å²) in [5, 5.41) is 6.63. The van der Waals surface area contributed by atoms with Crippen LogP contribution in [0.5, 0.6) is 0 Å². The highest BCUT2D eigenvalue weighted by Crippen LogP contribution is 2.20. The number of nitrogens with one attached hydrogen (secondary N) is 3. The molecule has 166 valence electrons. The zero-order valence-corrected chi connectivity index (χ0v) is 17.9. The van der Waals surface area contributed by atoms with Gasteiger partial charge < -0.3 is 25.3 Å². The van der Waals surface area contributed by atoms with Crippen LogP contribution in [0.1, 0.15) is 20.7 Å². The molecule has 4 aromatic rings. The first-order chi connectivity index (χ1) is 16.2. The van der Waals surface area contributed by atoms with Crippen molar-refractivity contribution in [2.45, 2.75) is 0 Å². The molecule has 0 unspecified atom stereocenters. The maximum Gasteiger partial charge on any atom is 0.255 e. The number of hydrogen-bond donors (Lipinski definition) is 3. The highest BCUT2D eigenvalue weighted by atomic mass is 16.5. The molecule has 0 radical (unpaired) electrons. The number of hydrogen-bond acceptors (Lipinski definition) is 5. The van der Waals surface area contributed by atoms with Gasteiger partial charge in [0.1, 0.15) is 5.65 Å². The largest absolute Gasteiger partial charge is 0.378 e. The molecule has 5 rings (SSSR count). The smallest absolute Gasteiger partial charge is 0.255 e. The Balaban J connectivity index is 1.25. The number of benzene rings is 2. The second-order valence-electron chi connectivity index (χ2n) is 7.77. The molecular weight excluding hydrogens is 418 g/mol. The van der Waals surface area contributed by atoms with Crippen LogP contribution in [0, 0.1) is 0 Å². The van der Waals surface area contributed by atoms with Gasteiger partial charge in [0, 0.05) is 47.2 Å². The average molecular weight is 441 g/mol. The summed E-state index contributed by atoms with van der Waals surface area (Å²) in [6.07, 6.45) is 3.38. The molecule has 2 amide bonds. The van der Waals surface area contributed by atoms with Gasteiger partial charge in [-0.3, -0.25) is 9.59 Å². The summed E-state index contributed by atoms with van der Waals surface area (Å²) in [5.41, 5.74) is 3.92. The third kappa shape index (κ3) is 4.70. The zero-order chi connectivity index (χ0) is 22.6. The van der Waals surface area contributed by atoms with Crippen molar-refractivity contribution < 1.29 is 14.3 Å². The van der Waals surface area contributed by atoms with Crippen molar-refractivity contribution in [1.82, 2.24) is 9.97 Å². The van der Waals surface area contributed by atoms with Gasteiger partial charge in [0.25, 0.3) is 11.8 Å². The van der Waals surface area contributed by atoms with Crippen LogP contribution in [0.15, 0.2) is 73.1 Å². The van der Waals surface area contributed by atoms with Crippen LogP contribution >= 0.6 is 0 Å². The van der Waals surface area contributed by atoms with Gasteiger partial charge in [-0.15, -0.1) is 0 Å². The van der Waals surface area contributed by atoms with Crippen molar-refractivity contribution in [3.05, 3.63) is 84.2 Å². The minimum atomic E-state index is -0.309. The lowest BCUT2D eigenvalue weighted by molar-refractivity contribution is 0.102. The third-order valence-electron chi connectivity index (χ3n) is 5.55. The fourth-order valence-corrected chi connectivity index (χ4v) is 3.79. The Labute approximate surface area is 190 Å². The Hall–Kier alpha value is -4.17. The van der Waals surface area contributed by atoms with E-state index in [1.165, 1.54) is 0 Å². The molecule has 0 bridgehead atoms. The van der Waals surface area contributed by atoms with E-state index in [4.69, 9.17) is 4.74 Å². The van der Waals surface area contributed by atoms with E-state index in [1.54, 1.807) is 36.7 Å². The highest BCUT2D eigenvalue weighted by molar-refractivity contribution is 6.09. The summed E-state index contributed by atoms with van der Waals surface area (Å²) in [4.78, 5) is 35.0. The topological polar surface area (TPSA) is 99.3 Å². The fourth-order valence-electron chi connectivity index (χ4n) is 3.79. The molecule has 2 aromatic heterocycles. The lowest BCUT2D eigenvalue weighted by Crippen LogP contribution is -2.36. The first-order valence-electron chi connectivity index (χ1n) is 10.7. The molecule has 0 spiro atoms. The molecule has 0 saturated carbocycles. The number of carbonyl (C=O) groups excluding carboxylic acids is 2. The molecule has 0 aliphatic carbocycles. The van der Waals surface area contributed by atoms with E-state index in [-0.39, 0.29) is 11.8 Å². The second kappa shape index (κ2) is 9.13. The Morgan fingerprint density at radius 3 is 2.30 bits per heavy atom. The van der Waals surface area contributed by atoms with Gasteiger partial charge in [-0.25, -0.2) is 4.98 Å². The predicted molar refractivity (Wildman–Crippen MR) is 128 cm³/mol. The number of carbonyl (C=O) groups is 2. The summed E-state index contributed by atoms with van der Waals surface area (Å²) < 4.78 is 5.39. The molecule has 8 nitrogen and oxygen atoms in total. The number of morpholine rings is 1. The van der Waals surface area contributed by atoms with Crippen molar-refractivity contribution in [1.29, 1.82) is 0 Å². The Morgan fingerprint density at radius 2 is 1.58 bits per heavy atom. The van der Waals surface area contributed by atoms with Gasteiger partial charge in [-0.1, -0.05) is 6.07 Å². The van der Waals surface area contributed by atoms with Gasteiger partial charge in [-0.05, 0) is 54.6 Å². The number of amides is 2. The van der Waals surface area contributed by atoms with Gasteiger partial charge in [0.2, 0.25) is 0 Å². The number of rotatable bonds is 5. The molecule has 0 atom stereocenters. The summed E-state index contributed by atoms with van der Waals surface area (Å²) >= 11 is 0. The predicted octanol–water partition coefficient (Wildman–Crippen LogP) is 3.90.